The summed E-state index contributed by atoms with van der Waals surface area (Å²) in [6, 6.07) is 3.91. The van der Waals surface area contributed by atoms with E-state index in [9.17, 15) is 27.2 Å². The lowest BCUT2D eigenvalue weighted by Crippen LogP contribution is -2.54. The van der Waals surface area contributed by atoms with Crippen LogP contribution in [0.1, 0.15) is 26.2 Å². The van der Waals surface area contributed by atoms with E-state index in [1.165, 1.54) is 0 Å². The Morgan fingerprint density at radius 3 is 2.41 bits per heavy atom. The van der Waals surface area contributed by atoms with Gasteiger partial charge < -0.3 is 10.2 Å². The standard InChI is InChI=1S/C18H23FN4O5S/c1-18(16(25)21-17(26)22-18)12-7-10-23(11-8-12)15(24)6-9-20-29(27,28)14-4-2-13(19)3-5-14/h2-5,12,20H,6-11H2,1H3,(H2,21,22,25,26)/t18-/m1/s1. The molecule has 0 spiro atoms. The molecule has 29 heavy (non-hydrogen) atoms. The molecule has 1 aromatic rings. The molecule has 158 valence electrons. The quantitative estimate of drug-likeness (QED) is 0.566. The molecule has 0 saturated carbocycles. The number of urea groups is 1. The number of amides is 4. The van der Waals surface area contributed by atoms with Crippen LogP contribution in [0.2, 0.25) is 0 Å². The molecule has 2 aliphatic rings. The van der Waals surface area contributed by atoms with Crippen molar-refractivity contribution in [2.75, 3.05) is 19.6 Å². The molecule has 3 N–H and O–H groups in total. The number of hydrogen-bond acceptors (Lipinski definition) is 5. The largest absolute Gasteiger partial charge is 0.343 e. The topological polar surface area (TPSA) is 125 Å². The maximum atomic E-state index is 12.9. The van der Waals surface area contributed by atoms with Crippen LogP contribution in [0.25, 0.3) is 0 Å². The van der Waals surface area contributed by atoms with E-state index in [0.29, 0.717) is 25.9 Å². The van der Waals surface area contributed by atoms with Gasteiger partial charge in [0.05, 0.1) is 4.90 Å². The van der Waals surface area contributed by atoms with Crippen LogP contribution in [-0.4, -0.2) is 56.3 Å². The second kappa shape index (κ2) is 8.07. The minimum atomic E-state index is -3.81. The molecule has 0 unspecified atom stereocenters. The first kappa shape index (κ1) is 21.2. The normalized spacial score (nSPS) is 23.0. The third-order valence-electron chi connectivity index (χ3n) is 5.49. The summed E-state index contributed by atoms with van der Waals surface area (Å²) in [6.45, 7) is 2.45. The van der Waals surface area contributed by atoms with Crippen LogP contribution < -0.4 is 15.4 Å². The van der Waals surface area contributed by atoms with Gasteiger partial charge in [-0.05, 0) is 49.9 Å². The smallest absolute Gasteiger partial charge is 0.322 e. The number of benzene rings is 1. The SMILES string of the molecule is C[C@]1(C2CCN(C(=O)CCNS(=O)(=O)c3ccc(F)cc3)CC2)NC(=O)NC1=O. The zero-order chi connectivity index (χ0) is 21.2. The van der Waals surface area contributed by atoms with Crippen LogP contribution >= 0.6 is 0 Å². The number of halogens is 1. The fourth-order valence-corrected chi connectivity index (χ4v) is 4.73. The zero-order valence-electron chi connectivity index (χ0n) is 15.9. The molecule has 0 bridgehead atoms. The van der Waals surface area contributed by atoms with Gasteiger partial charge in [0.1, 0.15) is 11.4 Å². The fraction of sp³-hybridized carbons (Fsp3) is 0.500. The van der Waals surface area contributed by atoms with Gasteiger partial charge in [0.2, 0.25) is 15.9 Å². The highest BCUT2D eigenvalue weighted by atomic mass is 32.2. The van der Waals surface area contributed by atoms with Crippen LogP contribution in [0.15, 0.2) is 29.2 Å². The molecule has 0 aliphatic carbocycles. The number of rotatable bonds is 6. The maximum Gasteiger partial charge on any atom is 0.322 e. The Labute approximate surface area is 168 Å². The van der Waals surface area contributed by atoms with Gasteiger partial charge in [-0.15, -0.1) is 0 Å². The minimum Gasteiger partial charge on any atom is -0.343 e. The zero-order valence-corrected chi connectivity index (χ0v) is 16.7. The van der Waals surface area contributed by atoms with Crippen molar-refractivity contribution in [2.24, 2.45) is 5.92 Å². The summed E-state index contributed by atoms with van der Waals surface area (Å²) in [6.07, 6.45) is 1.09. The van der Waals surface area contributed by atoms with E-state index in [0.717, 1.165) is 24.3 Å². The molecule has 4 amide bonds. The van der Waals surface area contributed by atoms with Gasteiger partial charge in [-0.2, -0.15) is 0 Å². The van der Waals surface area contributed by atoms with Gasteiger partial charge in [-0.1, -0.05) is 0 Å². The molecular formula is C18H23FN4O5S. The van der Waals surface area contributed by atoms with Crippen molar-refractivity contribution >= 4 is 27.9 Å². The summed E-state index contributed by atoms with van der Waals surface area (Å²) in [5.74, 6) is -1.18. The Bertz CT molecular complexity index is 913. The second-order valence-electron chi connectivity index (χ2n) is 7.37. The molecular weight excluding hydrogens is 403 g/mol. The summed E-state index contributed by atoms with van der Waals surface area (Å²) in [5, 5.41) is 4.90. The van der Waals surface area contributed by atoms with Gasteiger partial charge in [-0.3, -0.25) is 14.9 Å². The van der Waals surface area contributed by atoms with Crippen molar-refractivity contribution in [2.45, 2.75) is 36.6 Å². The van der Waals surface area contributed by atoms with Gasteiger partial charge in [-0.25, -0.2) is 22.3 Å². The molecule has 2 saturated heterocycles. The molecule has 9 nitrogen and oxygen atoms in total. The van der Waals surface area contributed by atoms with E-state index in [1.807, 2.05) is 0 Å². The van der Waals surface area contributed by atoms with Crippen LogP contribution in [0.5, 0.6) is 0 Å². The summed E-state index contributed by atoms with van der Waals surface area (Å²) in [5.41, 5.74) is -0.975. The van der Waals surface area contributed by atoms with Crippen molar-refractivity contribution < 1.29 is 27.2 Å². The van der Waals surface area contributed by atoms with E-state index in [2.05, 4.69) is 15.4 Å². The molecule has 2 fully saturated rings. The Hall–Kier alpha value is -2.53. The highest BCUT2D eigenvalue weighted by molar-refractivity contribution is 7.89. The number of nitrogens with zero attached hydrogens (tertiary/aromatic N) is 1. The lowest BCUT2D eigenvalue weighted by Gasteiger charge is -2.38. The lowest BCUT2D eigenvalue weighted by atomic mass is 9.79. The van der Waals surface area contributed by atoms with Crippen LogP contribution in [0.4, 0.5) is 9.18 Å². The average Bonchev–Trinajstić information content (AvgIpc) is 2.94. The number of carbonyl (C=O) groups excluding carboxylic acids is 3. The average molecular weight is 426 g/mol. The van der Waals surface area contributed by atoms with Crippen molar-refractivity contribution in [1.29, 1.82) is 0 Å². The first-order valence-electron chi connectivity index (χ1n) is 9.28. The Kier molecular flexibility index (Phi) is 5.90. The molecule has 3 rings (SSSR count). The van der Waals surface area contributed by atoms with Gasteiger partial charge >= 0.3 is 6.03 Å². The predicted molar refractivity (Wildman–Crippen MR) is 101 cm³/mol. The molecule has 11 heteroatoms. The summed E-state index contributed by atoms with van der Waals surface area (Å²) in [4.78, 5) is 37.4. The van der Waals surface area contributed by atoms with Crippen LogP contribution in [0.3, 0.4) is 0 Å². The number of nitrogens with one attached hydrogen (secondary N) is 3. The first-order valence-corrected chi connectivity index (χ1v) is 10.8. The van der Waals surface area contributed by atoms with Crippen molar-refractivity contribution in [3.05, 3.63) is 30.1 Å². The summed E-state index contributed by atoms with van der Waals surface area (Å²) < 4.78 is 39.6. The van der Waals surface area contributed by atoms with Gasteiger partial charge in [0.25, 0.3) is 5.91 Å². The Morgan fingerprint density at radius 2 is 1.86 bits per heavy atom. The maximum absolute atomic E-state index is 12.9. The molecule has 2 aliphatic heterocycles. The highest BCUT2D eigenvalue weighted by Crippen LogP contribution is 2.30. The van der Waals surface area contributed by atoms with Crippen molar-refractivity contribution in [1.82, 2.24) is 20.3 Å². The van der Waals surface area contributed by atoms with Crippen LogP contribution in [0, 0.1) is 11.7 Å². The van der Waals surface area contributed by atoms with Gasteiger partial charge in [0, 0.05) is 26.1 Å². The number of hydrogen-bond donors (Lipinski definition) is 3. The Balaban J connectivity index is 1.47. The minimum absolute atomic E-state index is 0.0143. The first-order chi connectivity index (χ1) is 13.6. The highest BCUT2D eigenvalue weighted by Gasteiger charge is 2.48. The van der Waals surface area contributed by atoms with Crippen LogP contribution in [-0.2, 0) is 19.6 Å². The molecule has 1 aromatic carbocycles. The third kappa shape index (κ3) is 4.56. The van der Waals surface area contributed by atoms with E-state index >= 15 is 0 Å². The number of piperidine rings is 1. The fourth-order valence-electron chi connectivity index (χ4n) is 3.70. The molecule has 0 aromatic heterocycles. The predicted octanol–water partition coefficient (Wildman–Crippen LogP) is 0.331. The van der Waals surface area contributed by atoms with E-state index in [1.54, 1.807) is 11.8 Å². The number of carbonyl (C=O) groups is 3. The molecule has 2 heterocycles. The lowest BCUT2D eigenvalue weighted by molar-refractivity contribution is -0.133. The Morgan fingerprint density at radius 1 is 1.24 bits per heavy atom. The van der Waals surface area contributed by atoms with Crippen molar-refractivity contribution in [3.63, 3.8) is 0 Å². The van der Waals surface area contributed by atoms with Gasteiger partial charge in [0.15, 0.2) is 0 Å². The van der Waals surface area contributed by atoms with E-state index in [-0.39, 0.29) is 35.6 Å². The van der Waals surface area contributed by atoms with E-state index in [4.69, 9.17) is 0 Å². The molecule has 0 radical (unpaired) electrons. The van der Waals surface area contributed by atoms with Crippen molar-refractivity contribution in [3.8, 4) is 0 Å². The number of imide groups is 1. The molecule has 1 atom stereocenters. The van der Waals surface area contributed by atoms with E-state index < -0.39 is 27.4 Å². The summed E-state index contributed by atoms with van der Waals surface area (Å²) >= 11 is 0. The summed E-state index contributed by atoms with van der Waals surface area (Å²) in [7, 11) is -3.81. The monoisotopic (exact) mass is 426 g/mol. The third-order valence-corrected chi connectivity index (χ3v) is 6.97. The second-order valence-corrected chi connectivity index (χ2v) is 9.13. The number of sulfonamides is 1. The number of likely N-dealkylation sites (tertiary alicyclic amines) is 1.